The van der Waals surface area contributed by atoms with Gasteiger partial charge in [-0.2, -0.15) is 0 Å². The van der Waals surface area contributed by atoms with E-state index in [1.54, 1.807) is 6.20 Å². The largest absolute Gasteiger partial charge is 0.385 e. The molecule has 2 aromatic rings. The summed E-state index contributed by atoms with van der Waals surface area (Å²) in [4.78, 5) is 4.18. The van der Waals surface area contributed by atoms with Gasteiger partial charge in [0.25, 0.3) is 0 Å². The summed E-state index contributed by atoms with van der Waals surface area (Å²) in [6.07, 6.45) is 13.5. The van der Waals surface area contributed by atoms with Gasteiger partial charge in [0, 0.05) is 30.5 Å². The van der Waals surface area contributed by atoms with Crippen LogP contribution in [0.25, 0.3) is 5.57 Å². The first-order valence-corrected chi connectivity index (χ1v) is 10.3. The van der Waals surface area contributed by atoms with Crippen LogP contribution in [0.5, 0.6) is 0 Å². The number of pyridine rings is 1. The summed E-state index contributed by atoms with van der Waals surface area (Å²) in [5, 5.41) is 14.6. The van der Waals surface area contributed by atoms with E-state index >= 15 is 0 Å². The van der Waals surface area contributed by atoms with E-state index in [1.807, 2.05) is 18.3 Å². The van der Waals surface area contributed by atoms with Gasteiger partial charge in [0.15, 0.2) is 0 Å². The monoisotopic (exact) mass is 362 g/mol. The normalized spacial score (nSPS) is 28.6. The topological polar surface area (TPSA) is 45.2 Å². The summed E-state index contributed by atoms with van der Waals surface area (Å²) < 4.78 is 0. The highest BCUT2D eigenvalue weighted by Crippen LogP contribution is 2.41. The zero-order valence-corrected chi connectivity index (χ0v) is 16.0. The molecule has 1 aliphatic heterocycles. The standard InChI is InChI=1S/C24H30N2O/c27-24(22-7-4-15-25-18-22)13-10-19(11-14-24)8-9-23-17-21(12-16-26-23)20-5-2-1-3-6-20/h1-7,12,15,18-19,23,26-27H,8-11,13-14,16-17H2. The molecule has 1 aliphatic carbocycles. The van der Waals surface area contributed by atoms with Gasteiger partial charge in [-0.1, -0.05) is 42.5 Å². The van der Waals surface area contributed by atoms with Gasteiger partial charge >= 0.3 is 0 Å². The smallest absolute Gasteiger partial charge is 0.0911 e. The lowest BCUT2D eigenvalue weighted by Crippen LogP contribution is -2.35. The highest BCUT2D eigenvalue weighted by Gasteiger charge is 2.35. The summed E-state index contributed by atoms with van der Waals surface area (Å²) in [6.45, 7) is 0.973. The van der Waals surface area contributed by atoms with Crippen molar-refractivity contribution in [1.29, 1.82) is 0 Å². The van der Waals surface area contributed by atoms with Crippen LogP contribution in [0, 0.1) is 5.92 Å². The summed E-state index contributed by atoms with van der Waals surface area (Å²) in [6, 6.07) is 15.3. The second-order valence-corrected chi connectivity index (χ2v) is 8.20. The van der Waals surface area contributed by atoms with Crippen molar-refractivity contribution >= 4 is 5.57 Å². The van der Waals surface area contributed by atoms with Crippen molar-refractivity contribution in [2.24, 2.45) is 5.92 Å². The fraction of sp³-hybridized carbons (Fsp3) is 0.458. The lowest BCUT2D eigenvalue weighted by atomic mass is 9.74. The Kier molecular flexibility index (Phi) is 5.70. The lowest BCUT2D eigenvalue weighted by Gasteiger charge is -2.37. The van der Waals surface area contributed by atoms with Gasteiger partial charge in [0.1, 0.15) is 0 Å². The van der Waals surface area contributed by atoms with Crippen molar-refractivity contribution in [3.63, 3.8) is 0 Å². The van der Waals surface area contributed by atoms with Crippen molar-refractivity contribution in [3.05, 3.63) is 72.1 Å². The van der Waals surface area contributed by atoms with E-state index in [1.165, 1.54) is 24.0 Å². The second kappa shape index (κ2) is 8.37. The zero-order valence-electron chi connectivity index (χ0n) is 16.0. The predicted molar refractivity (Wildman–Crippen MR) is 110 cm³/mol. The third kappa shape index (κ3) is 4.48. The molecule has 3 heteroatoms. The van der Waals surface area contributed by atoms with Crippen molar-refractivity contribution in [1.82, 2.24) is 10.3 Å². The Morgan fingerprint density at radius 3 is 2.59 bits per heavy atom. The third-order valence-corrected chi connectivity index (χ3v) is 6.42. The Morgan fingerprint density at radius 1 is 1.04 bits per heavy atom. The molecule has 1 atom stereocenters. The number of nitrogens with zero attached hydrogens (tertiary/aromatic N) is 1. The Morgan fingerprint density at radius 2 is 1.85 bits per heavy atom. The molecular formula is C24H30N2O. The molecule has 0 amide bonds. The number of aromatic nitrogens is 1. The van der Waals surface area contributed by atoms with Gasteiger partial charge in [0.2, 0.25) is 0 Å². The van der Waals surface area contributed by atoms with Crippen molar-refractivity contribution < 1.29 is 5.11 Å². The molecule has 0 radical (unpaired) electrons. The number of rotatable bonds is 5. The highest BCUT2D eigenvalue weighted by atomic mass is 16.3. The van der Waals surface area contributed by atoms with Crippen LogP contribution in [-0.2, 0) is 5.60 Å². The van der Waals surface area contributed by atoms with Gasteiger partial charge in [-0.25, -0.2) is 0 Å². The fourth-order valence-electron chi connectivity index (χ4n) is 4.67. The van der Waals surface area contributed by atoms with E-state index in [0.717, 1.165) is 50.1 Å². The van der Waals surface area contributed by atoms with Gasteiger partial charge in [-0.05, 0) is 68.1 Å². The average Bonchev–Trinajstić information content (AvgIpc) is 2.75. The summed E-state index contributed by atoms with van der Waals surface area (Å²) in [5.74, 6) is 0.731. The molecule has 27 heavy (non-hydrogen) atoms. The maximum atomic E-state index is 11.0. The molecule has 3 nitrogen and oxygen atoms in total. The summed E-state index contributed by atoms with van der Waals surface area (Å²) >= 11 is 0. The highest BCUT2D eigenvalue weighted by molar-refractivity contribution is 5.66. The molecular weight excluding hydrogens is 332 g/mol. The number of hydrogen-bond acceptors (Lipinski definition) is 3. The first kappa shape index (κ1) is 18.4. The number of nitrogens with one attached hydrogen (secondary N) is 1. The number of hydrogen-bond donors (Lipinski definition) is 2. The molecule has 2 N–H and O–H groups in total. The predicted octanol–water partition coefficient (Wildman–Crippen LogP) is 4.69. The molecule has 1 saturated carbocycles. The van der Waals surface area contributed by atoms with Crippen molar-refractivity contribution in [2.75, 3.05) is 6.54 Å². The van der Waals surface area contributed by atoms with E-state index in [9.17, 15) is 5.11 Å². The van der Waals surface area contributed by atoms with E-state index in [2.05, 4.69) is 46.7 Å². The molecule has 1 unspecified atom stereocenters. The Bertz CT molecular complexity index is 748. The molecule has 1 aromatic heterocycles. The van der Waals surface area contributed by atoms with Crippen LogP contribution in [0.15, 0.2) is 60.9 Å². The van der Waals surface area contributed by atoms with Gasteiger partial charge in [0.05, 0.1) is 5.60 Å². The molecule has 0 bridgehead atoms. The first-order valence-electron chi connectivity index (χ1n) is 10.3. The average molecular weight is 363 g/mol. The SMILES string of the molecule is OC1(c2cccnc2)CCC(CCC2CC(c3ccccc3)=CCN2)CC1. The molecule has 0 spiro atoms. The van der Waals surface area contributed by atoms with Crippen LogP contribution in [-0.4, -0.2) is 22.7 Å². The molecule has 2 aliphatic rings. The third-order valence-electron chi connectivity index (χ3n) is 6.42. The fourth-order valence-corrected chi connectivity index (χ4v) is 4.67. The van der Waals surface area contributed by atoms with Crippen LogP contribution in [0.2, 0.25) is 0 Å². The molecule has 1 aromatic carbocycles. The minimum absolute atomic E-state index is 0.573. The summed E-state index contributed by atoms with van der Waals surface area (Å²) in [7, 11) is 0. The van der Waals surface area contributed by atoms with Crippen molar-refractivity contribution in [3.8, 4) is 0 Å². The zero-order chi connectivity index (χ0) is 18.5. The van der Waals surface area contributed by atoms with Gasteiger partial charge < -0.3 is 10.4 Å². The minimum Gasteiger partial charge on any atom is -0.385 e. The van der Waals surface area contributed by atoms with Crippen LogP contribution < -0.4 is 5.32 Å². The van der Waals surface area contributed by atoms with Crippen LogP contribution in [0.4, 0.5) is 0 Å². The number of aliphatic hydroxyl groups is 1. The molecule has 142 valence electrons. The molecule has 0 saturated heterocycles. The lowest BCUT2D eigenvalue weighted by molar-refractivity contribution is -0.0158. The molecule has 2 heterocycles. The van der Waals surface area contributed by atoms with Crippen LogP contribution >= 0.6 is 0 Å². The Hall–Kier alpha value is -1.97. The quantitative estimate of drug-likeness (QED) is 0.811. The van der Waals surface area contributed by atoms with E-state index in [4.69, 9.17) is 0 Å². The Labute approximate surface area is 162 Å². The number of benzene rings is 1. The molecule has 4 rings (SSSR count). The summed E-state index contributed by atoms with van der Waals surface area (Å²) in [5.41, 5.74) is 3.16. The molecule has 1 fully saturated rings. The maximum absolute atomic E-state index is 11.0. The maximum Gasteiger partial charge on any atom is 0.0911 e. The Balaban J connectivity index is 1.26. The first-order chi connectivity index (χ1) is 13.2. The minimum atomic E-state index is -0.670. The van der Waals surface area contributed by atoms with E-state index in [0.29, 0.717) is 6.04 Å². The van der Waals surface area contributed by atoms with Crippen LogP contribution in [0.1, 0.15) is 56.1 Å². The van der Waals surface area contributed by atoms with E-state index in [-0.39, 0.29) is 0 Å². The van der Waals surface area contributed by atoms with Gasteiger partial charge in [-0.15, -0.1) is 0 Å². The van der Waals surface area contributed by atoms with Crippen LogP contribution in [0.3, 0.4) is 0 Å². The van der Waals surface area contributed by atoms with E-state index < -0.39 is 5.60 Å². The second-order valence-electron chi connectivity index (χ2n) is 8.20. The van der Waals surface area contributed by atoms with Crippen molar-refractivity contribution in [2.45, 2.75) is 56.6 Å². The van der Waals surface area contributed by atoms with Gasteiger partial charge in [-0.3, -0.25) is 4.98 Å².